The number of piperidine rings is 1. The molecule has 3 rings (SSSR count). The maximum Gasteiger partial charge on any atom is 0.302 e. The summed E-state index contributed by atoms with van der Waals surface area (Å²) in [5.74, 6) is -2.31. The van der Waals surface area contributed by atoms with Crippen molar-refractivity contribution in [1.82, 2.24) is 24.4 Å². The molecule has 0 spiro atoms. The van der Waals surface area contributed by atoms with E-state index in [0.717, 1.165) is 4.90 Å². The molecule has 1 aliphatic heterocycles. The molecule has 0 unspecified atom stereocenters. The zero-order valence-corrected chi connectivity index (χ0v) is 13.0. The van der Waals surface area contributed by atoms with E-state index in [1.807, 2.05) is 0 Å². The number of nitrogens with zero attached hydrogens (tertiary/aromatic N) is 4. The Morgan fingerprint density at radius 3 is 3.35 bits per heavy atom. The van der Waals surface area contributed by atoms with Crippen LogP contribution in [-0.2, 0) is 4.79 Å². The van der Waals surface area contributed by atoms with Gasteiger partial charge in [-0.05, 0) is 18.4 Å². The molecular weight excluding hydrogens is 292 g/mol. The first-order valence-electron chi connectivity index (χ1n) is 9.72. The summed E-state index contributed by atoms with van der Waals surface area (Å²) in [6.45, 7) is 5.64. The first-order chi connectivity index (χ1) is 12.9. The second kappa shape index (κ2) is 6.24. The van der Waals surface area contributed by atoms with Gasteiger partial charge in [0.1, 0.15) is 21.2 Å². The molecule has 2 atom stereocenters. The Bertz CT molecular complexity index is 1050. The SMILES string of the molecule is [2H]c1nc2[nH]ccc2c(=[N+](C)[C@]2([2H])CN(C(=O)C([2H])([2H])[N+]#[C-])CC[C@@]2([2H])C)[nH]1. The van der Waals surface area contributed by atoms with E-state index in [9.17, 15) is 4.79 Å². The summed E-state index contributed by atoms with van der Waals surface area (Å²) in [6, 6.07) is 0.0750. The van der Waals surface area contributed by atoms with Crippen LogP contribution in [0.25, 0.3) is 15.9 Å². The summed E-state index contributed by atoms with van der Waals surface area (Å²) in [5.41, 5.74) is 0.848. The third-order valence-electron chi connectivity index (χ3n) is 4.09. The molecule has 2 aromatic heterocycles. The van der Waals surface area contributed by atoms with Crippen LogP contribution in [0.3, 0.4) is 0 Å². The average molecular weight is 318 g/mol. The number of amides is 1. The maximum absolute atomic E-state index is 12.5. The summed E-state index contributed by atoms with van der Waals surface area (Å²) < 4.78 is 42.3. The van der Waals surface area contributed by atoms with Crippen molar-refractivity contribution >= 4 is 16.9 Å². The molecule has 23 heavy (non-hydrogen) atoms. The quantitative estimate of drug-likeness (QED) is 0.623. The van der Waals surface area contributed by atoms with Crippen LogP contribution < -0.4 is 10.1 Å². The number of carbonyl (C=O) groups is 1. The van der Waals surface area contributed by atoms with Crippen molar-refractivity contribution in [2.45, 2.75) is 19.4 Å². The molecule has 120 valence electrons. The highest BCUT2D eigenvalue weighted by molar-refractivity contribution is 5.79. The van der Waals surface area contributed by atoms with E-state index >= 15 is 0 Å². The van der Waals surface area contributed by atoms with E-state index in [0.29, 0.717) is 16.5 Å². The Kier molecular flexibility index (Phi) is 2.77. The first-order valence-corrected chi connectivity index (χ1v) is 7.22. The number of carbonyl (C=O) groups excluding carboxylic acids is 1. The second-order valence-corrected chi connectivity index (χ2v) is 5.42. The lowest BCUT2D eigenvalue weighted by Gasteiger charge is -2.35. The van der Waals surface area contributed by atoms with Gasteiger partial charge in [-0.25, -0.2) is 11.6 Å². The van der Waals surface area contributed by atoms with E-state index in [-0.39, 0.29) is 25.8 Å². The van der Waals surface area contributed by atoms with Gasteiger partial charge in [0.25, 0.3) is 12.0 Å². The van der Waals surface area contributed by atoms with Crippen LogP contribution in [0, 0.1) is 12.5 Å². The molecule has 7 heteroatoms. The molecule has 1 saturated heterocycles. The van der Waals surface area contributed by atoms with Crippen molar-refractivity contribution in [3.8, 4) is 0 Å². The zero-order chi connectivity index (χ0) is 20.9. The van der Waals surface area contributed by atoms with Crippen molar-refractivity contribution in [3.63, 3.8) is 0 Å². The summed E-state index contributed by atoms with van der Waals surface area (Å²) >= 11 is 0. The largest absolute Gasteiger partial charge is 0.346 e. The highest BCUT2D eigenvalue weighted by Gasteiger charge is 2.33. The smallest absolute Gasteiger partial charge is 0.302 e. The highest BCUT2D eigenvalue weighted by atomic mass is 16.2. The highest BCUT2D eigenvalue weighted by Crippen LogP contribution is 2.18. The molecule has 1 fully saturated rings. The maximum atomic E-state index is 12.5. The molecule has 0 bridgehead atoms. The molecule has 2 N–H and O–H groups in total. The normalized spacial score (nSPS) is 32.9. The van der Waals surface area contributed by atoms with Gasteiger partial charge in [0.05, 0.1) is 15.0 Å². The fraction of sp³-hybridized carbons (Fsp3) is 0.500. The number of aromatic nitrogens is 3. The molecule has 1 aliphatic rings. The van der Waals surface area contributed by atoms with Gasteiger partial charge in [-0.3, -0.25) is 9.37 Å². The van der Waals surface area contributed by atoms with Crippen LogP contribution in [-0.4, -0.2) is 58.4 Å². The van der Waals surface area contributed by atoms with Gasteiger partial charge in [0.2, 0.25) is 0 Å². The monoisotopic (exact) mass is 318 g/mol. The van der Waals surface area contributed by atoms with Crippen molar-refractivity contribution in [3.05, 3.63) is 35.5 Å². The van der Waals surface area contributed by atoms with Crippen LogP contribution in [0.1, 0.15) is 20.2 Å². The standard InChI is InChI=1S/C16H20N6O/c1-11-5-7-22(14(23)8-17-2)9-13(11)21(3)16-12-4-6-18-15(12)19-10-20-16/h4,6,10-11,13H,5,7-9H2,1,3H3,(H,18,19,20)/p+1/t11-,13-/m1/s1/i8D2,10D,11D,13D. The summed E-state index contributed by atoms with van der Waals surface area (Å²) in [4.78, 5) is 26.1. The van der Waals surface area contributed by atoms with E-state index in [2.05, 4.69) is 19.8 Å². The Morgan fingerprint density at radius 1 is 1.74 bits per heavy atom. The van der Waals surface area contributed by atoms with E-state index in [4.69, 9.17) is 13.4 Å². The molecule has 3 heterocycles. The van der Waals surface area contributed by atoms with E-state index in [1.165, 1.54) is 4.58 Å². The Labute approximate surface area is 141 Å². The van der Waals surface area contributed by atoms with Gasteiger partial charge in [-0.1, -0.05) is 6.92 Å². The number of fused-ring (bicyclic) bond motifs is 1. The first kappa shape index (κ1) is 10.2. The van der Waals surface area contributed by atoms with Crippen LogP contribution in [0.4, 0.5) is 0 Å². The van der Waals surface area contributed by atoms with Crippen molar-refractivity contribution in [2.24, 2.45) is 5.89 Å². The minimum absolute atomic E-state index is 0.0889. The number of H-pyrrole nitrogens is 2. The number of rotatable bonds is 2. The predicted octanol–water partition coefficient (Wildman–Crippen LogP) is 0.449. The molecule has 7 nitrogen and oxygen atoms in total. The number of hydrogen-bond acceptors (Lipinski definition) is 2. The van der Waals surface area contributed by atoms with Crippen LogP contribution in [0.15, 0.2) is 18.6 Å². The minimum atomic E-state index is -2.71. The number of likely N-dealkylation sites (tertiary alicyclic amines) is 1. The lowest BCUT2D eigenvalue weighted by atomic mass is 9.93. The lowest BCUT2D eigenvalue weighted by Crippen LogP contribution is -2.54. The topological polar surface area (TPSA) is 72.2 Å². The average Bonchev–Trinajstić information content (AvgIpc) is 3.10. The zero-order valence-electron chi connectivity index (χ0n) is 18.0. The van der Waals surface area contributed by atoms with Gasteiger partial charge >= 0.3 is 5.91 Å². The fourth-order valence-corrected chi connectivity index (χ4v) is 2.77. The summed E-state index contributed by atoms with van der Waals surface area (Å²) in [6.07, 6.45) is 1.66. The Morgan fingerprint density at radius 2 is 2.57 bits per heavy atom. The number of nitrogens with one attached hydrogen (secondary N) is 2. The van der Waals surface area contributed by atoms with Gasteiger partial charge in [-0.15, -0.1) is 0 Å². The Hall–Kier alpha value is -2.62. The van der Waals surface area contributed by atoms with E-state index in [1.54, 1.807) is 26.2 Å². The van der Waals surface area contributed by atoms with Gasteiger partial charge in [-0.2, -0.15) is 4.98 Å². The third kappa shape index (κ3) is 2.84. The molecule has 0 saturated carbocycles. The van der Waals surface area contributed by atoms with Crippen molar-refractivity contribution < 1.29 is 11.6 Å². The van der Waals surface area contributed by atoms with Crippen molar-refractivity contribution in [1.29, 1.82) is 0 Å². The predicted molar refractivity (Wildman–Crippen MR) is 87.3 cm³/mol. The van der Waals surface area contributed by atoms with Crippen molar-refractivity contribution in [2.75, 3.05) is 26.6 Å². The molecular formula is C16H21N6O+. The molecule has 0 radical (unpaired) electrons. The molecule has 0 aromatic carbocycles. The minimum Gasteiger partial charge on any atom is -0.346 e. The van der Waals surface area contributed by atoms with Gasteiger partial charge in [0.15, 0.2) is 6.30 Å². The lowest BCUT2D eigenvalue weighted by molar-refractivity contribution is -0.131. The molecule has 2 aromatic rings. The van der Waals surface area contributed by atoms with Crippen LogP contribution >= 0.6 is 0 Å². The summed E-state index contributed by atoms with van der Waals surface area (Å²) in [5, 5.41) is 0.626. The fourth-order valence-electron chi connectivity index (χ4n) is 2.77. The third-order valence-corrected chi connectivity index (χ3v) is 4.09. The van der Waals surface area contributed by atoms with Gasteiger partial charge in [0, 0.05) is 14.1 Å². The van der Waals surface area contributed by atoms with Crippen LogP contribution in [0.5, 0.6) is 0 Å². The second-order valence-electron chi connectivity index (χ2n) is 5.42. The number of aromatic amines is 2. The Balaban J connectivity index is 2.17. The number of likely N-dealkylation sites (N-methyl/N-ethyl adjacent to an activating group) is 1. The number of hydrogen-bond donors (Lipinski definition) is 2. The van der Waals surface area contributed by atoms with E-state index < -0.39 is 24.3 Å². The molecule has 1 amide bonds. The van der Waals surface area contributed by atoms with Gasteiger partial charge < -0.3 is 14.7 Å². The molecule has 0 aliphatic carbocycles. The summed E-state index contributed by atoms with van der Waals surface area (Å²) in [7, 11) is 1.59. The van der Waals surface area contributed by atoms with Crippen LogP contribution in [0.2, 0.25) is 0 Å².